The van der Waals surface area contributed by atoms with Gasteiger partial charge in [-0.15, -0.1) is 0 Å². The molecule has 1 atom stereocenters. The fraction of sp³-hybridized carbons (Fsp3) is 0.857. The van der Waals surface area contributed by atoms with Crippen molar-refractivity contribution < 1.29 is 0 Å². The van der Waals surface area contributed by atoms with E-state index in [1.165, 1.54) is 12.8 Å². The van der Waals surface area contributed by atoms with Crippen molar-refractivity contribution in [3.05, 3.63) is 0 Å². The highest BCUT2D eigenvalue weighted by atomic mass is 15.2. The highest BCUT2D eigenvalue weighted by molar-refractivity contribution is 5.74. The van der Waals surface area contributed by atoms with E-state index in [9.17, 15) is 0 Å². The van der Waals surface area contributed by atoms with Gasteiger partial charge in [0.25, 0.3) is 0 Å². The van der Waals surface area contributed by atoms with E-state index in [-0.39, 0.29) is 5.96 Å². The van der Waals surface area contributed by atoms with Gasteiger partial charge in [0, 0.05) is 13.1 Å². The average molecular weight is 141 g/mol. The third kappa shape index (κ3) is 1.40. The van der Waals surface area contributed by atoms with Gasteiger partial charge in [-0.25, -0.2) is 0 Å². The molecule has 0 spiro atoms. The van der Waals surface area contributed by atoms with Gasteiger partial charge in [0.1, 0.15) is 0 Å². The number of nitrogens with two attached hydrogens (primary N) is 1. The Bertz CT molecular complexity index is 140. The first-order chi connectivity index (χ1) is 4.63. The molecule has 0 aromatic heterocycles. The number of nitrogens with one attached hydrogen (secondary N) is 1. The molecule has 0 amide bonds. The number of hydrogen-bond donors (Lipinski definition) is 2. The van der Waals surface area contributed by atoms with E-state index >= 15 is 0 Å². The van der Waals surface area contributed by atoms with E-state index in [2.05, 4.69) is 6.92 Å². The van der Waals surface area contributed by atoms with Gasteiger partial charge in [-0.1, -0.05) is 0 Å². The Morgan fingerprint density at radius 2 is 2.20 bits per heavy atom. The third-order valence-corrected chi connectivity index (χ3v) is 2.30. The summed E-state index contributed by atoms with van der Waals surface area (Å²) in [7, 11) is 1.88. The van der Waals surface area contributed by atoms with Gasteiger partial charge >= 0.3 is 0 Å². The zero-order chi connectivity index (χ0) is 7.72. The number of rotatable bonds is 2. The summed E-state index contributed by atoms with van der Waals surface area (Å²) in [6.07, 6.45) is 2.61. The predicted octanol–water partition coefficient (Wildman–Crippen LogP) is 0.610. The minimum absolute atomic E-state index is 0.180. The molecule has 1 rings (SSSR count). The van der Waals surface area contributed by atoms with E-state index in [1.807, 2.05) is 11.9 Å². The van der Waals surface area contributed by atoms with Gasteiger partial charge in [-0.3, -0.25) is 5.41 Å². The lowest BCUT2D eigenvalue weighted by Gasteiger charge is -2.24. The molecular formula is C7H15N3. The van der Waals surface area contributed by atoms with Crippen LogP contribution in [0.4, 0.5) is 0 Å². The Hall–Kier alpha value is -0.730. The normalized spacial score (nSPS) is 20.2. The molecule has 1 aliphatic carbocycles. The summed E-state index contributed by atoms with van der Waals surface area (Å²) in [4.78, 5) is 1.83. The molecule has 3 heteroatoms. The Balaban J connectivity index is 2.38. The monoisotopic (exact) mass is 141 g/mol. The first kappa shape index (κ1) is 7.38. The Morgan fingerprint density at radius 3 is 2.50 bits per heavy atom. The van der Waals surface area contributed by atoms with E-state index in [0.29, 0.717) is 6.04 Å². The molecule has 0 aromatic carbocycles. The van der Waals surface area contributed by atoms with Gasteiger partial charge in [0.2, 0.25) is 0 Å². The summed E-state index contributed by atoms with van der Waals surface area (Å²) in [5.41, 5.74) is 5.31. The molecule has 0 bridgehead atoms. The maximum absolute atomic E-state index is 7.16. The molecule has 1 aliphatic rings. The van der Waals surface area contributed by atoms with Crippen LogP contribution in [0.2, 0.25) is 0 Å². The molecule has 0 aliphatic heterocycles. The minimum Gasteiger partial charge on any atom is -0.370 e. The molecule has 10 heavy (non-hydrogen) atoms. The lowest BCUT2D eigenvalue weighted by molar-refractivity contribution is 0.348. The molecule has 1 saturated carbocycles. The lowest BCUT2D eigenvalue weighted by atomic mass is 10.2. The summed E-state index contributed by atoms with van der Waals surface area (Å²) < 4.78 is 0. The summed E-state index contributed by atoms with van der Waals surface area (Å²) >= 11 is 0. The maximum atomic E-state index is 7.16. The van der Waals surface area contributed by atoms with Crippen LogP contribution >= 0.6 is 0 Å². The molecule has 3 N–H and O–H groups in total. The topological polar surface area (TPSA) is 53.1 Å². The largest absolute Gasteiger partial charge is 0.370 e. The molecule has 58 valence electrons. The van der Waals surface area contributed by atoms with Crippen molar-refractivity contribution in [2.75, 3.05) is 7.05 Å². The standard InChI is InChI=1S/C7H15N3/c1-5(6-3-4-6)10(2)7(8)9/h5-6H,3-4H2,1-2H3,(H3,8,9). The van der Waals surface area contributed by atoms with Crippen LogP contribution in [-0.2, 0) is 0 Å². The molecule has 0 saturated heterocycles. The van der Waals surface area contributed by atoms with E-state index in [1.54, 1.807) is 0 Å². The molecule has 0 heterocycles. The van der Waals surface area contributed by atoms with Crippen molar-refractivity contribution in [3.63, 3.8) is 0 Å². The van der Waals surface area contributed by atoms with Crippen molar-refractivity contribution >= 4 is 5.96 Å². The second kappa shape index (κ2) is 2.48. The quantitative estimate of drug-likeness (QED) is 0.437. The van der Waals surface area contributed by atoms with Crippen LogP contribution in [0.5, 0.6) is 0 Å². The molecule has 0 radical (unpaired) electrons. The van der Waals surface area contributed by atoms with E-state index < -0.39 is 0 Å². The lowest BCUT2D eigenvalue weighted by Crippen LogP contribution is -2.40. The second-order valence-corrected chi connectivity index (χ2v) is 3.07. The average Bonchev–Trinajstić information content (AvgIpc) is 2.65. The predicted molar refractivity (Wildman–Crippen MR) is 41.9 cm³/mol. The first-order valence-corrected chi connectivity index (χ1v) is 3.69. The van der Waals surface area contributed by atoms with Crippen LogP contribution in [0.3, 0.4) is 0 Å². The van der Waals surface area contributed by atoms with Crippen LogP contribution in [-0.4, -0.2) is 23.9 Å². The van der Waals surface area contributed by atoms with Crippen LogP contribution in [0.1, 0.15) is 19.8 Å². The van der Waals surface area contributed by atoms with Crippen LogP contribution in [0, 0.1) is 11.3 Å². The van der Waals surface area contributed by atoms with Crippen molar-refractivity contribution in [3.8, 4) is 0 Å². The second-order valence-electron chi connectivity index (χ2n) is 3.07. The number of hydrogen-bond acceptors (Lipinski definition) is 1. The highest BCUT2D eigenvalue weighted by Crippen LogP contribution is 2.34. The number of nitrogens with zero attached hydrogens (tertiary/aromatic N) is 1. The van der Waals surface area contributed by atoms with Crippen molar-refractivity contribution in [1.82, 2.24) is 4.90 Å². The van der Waals surface area contributed by atoms with Crippen LogP contribution < -0.4 is 5.73 Å². The summed E-state index contributed by atoms with van der Waals surface area (Å²) in [6, 6.07) is 0.456. The molecule has 3 nitrogen and oxygen atoms in total. The zero-order valence-electron chi connectivity index (χ0n) is 6.59. The summed E-state index contributed by atoms with van der Waals surface area (Å²) in [5.74, 6) is 0.966. The van der Waals surface area contributed by atoms with Crippen molar-refractivity contribution in [1.29, 1.82) is 5.41 Å². The Kier molecular flexibility index (Phi) is 1.83. The Labute approximate surface area is 61.7 Å². The van der Waals surface area contributed by atoms with Gasteiger partial charge < -0.3 is 10.6 Å². The fourth-order valence-electron chi connectivity index (χ4n) is 1.11. The highest BCUT2D eigenvalue weighted by Gasteiger charge is 2.30. The van der Waals surface area contributed by atoms with Gasteiger partial charge in [0.05, 0.1) is 0 Å². The summed E-state index contributed by atoms with van der Waals surface area (Å²) in [5, 5.41) is 7.16. The van der Waals surface area contributed by atoms with Gasteiger partial charge in [-0.05, 0) is 25.7 Å². The van der Waals surface area contributed by atoms with Crippen LogP contribution in [0.25, 0.3) is 0 Å². The fourth-order valence-corrected chi connectivity index (χ4v) is 1.11. The Morgan fingerprint density at radius 1 is 1.70 bits per heavy atom. The van der Waals surface area contributed by atoms with Gasteiger partial charge in [0.15, 0.2) is 5.96 Å². The summed E-state index contributed by atoms with van der Waals surface area (Å²) in [6.45, 7) is 2.12. The van der Waals surface area contributed by atoms with Crippen molar-refractivity contribution in [2.24, 2.45) is 11.7 Å². The van der Waals surface area contributed by atoms with Crippen molar-refractivity contribution in [2.45, 2.75) is 25.8 Å². The smallest absolute Gasteiger partial charge is 0.188 e. The molecule has 1 fully saturated rings. The number of guanidine groups is 1. The zero-order valence-corrected chi connectivity index (χ0v) is 6.59. The first-order valence-electron chi connectivity index (χ1n) is 3.69. The SMILES string of the molecule is CC(C1CC1)N(C)C(=N)N. The van der Waals surface area contributed by atoms with Gasteiger partial charge in [-0.2, -0.15) is 0 Å². The molecule has 1 unspecified atom stereocenters. The van der Waals surface area contributed by atoms with Crippen LogP contribution in [0.15, 0.2) is 0 Å². The molecule has 0 aromatic rings. The minimum atomic E-state index is 0.180. The van der Waals surface area contributed by atoms with E-state index in [0.717, 1.165) is 5.92 Å². The maximum Gasteiger partial charge on any atom is 0.188 e. The van der Waals surface area contributed by atoms with E-state index in [4.69, 9.17) is 11.1 Å². The molecular weight excluding hydrogens is 126 g/mol. The third-order valence-electron chi connectivity index (χ3n) is 2.30.